The van der Waals surface area contributed by atoms with Crippen molar-refractivity contribution in [1.29, 1.82) is 0 Å². The summed E-state index contributed by atoms with van der Waals surface area (Å²) in [6.45, 7) is 2.15. The lowest BCUT2D eigenvalue weighted by atomic mass is 10.2. The lowest BCUT2D eigenvalue weighted by molar-refractivity contribution is -0.153. The molecule has 0 spiro atoms. The van der Waals surface area contributed by atoms with Gasteiger partial charge >= 0.3 is 6.18 Å². The first-order valence-corrected chi connectivity index (χ1v) is 9.36. The average molecular weight is 425 g/mol. The molecule has 0 atom stereocenters. The Labute approximate surface area is 174 Å². The van der Waals surface area contributed by atoms with E-state index in [1.165, 1.54) is 13.2 Å². The SMILES string of the molecule is CCNC(=NCc1ccc(OCC(F)(F)F)c(OC)c1)NCc1ccc(OC)cc1. The van der Waals surface area contributed by atoms with Gasteiger partial charge in [-0.3, -0.25) is 0 Å². The fourth-order valence-corrected chi connectivity index (χ4v) is 2.53. The number of benzene rings is 2. The van der Waals surface area contributed by atoms with E-state index in [1.807, 2.05) is 31.2 Å². The number of ether oxygens (including phenoxy) is 3. The summed E-state index contributed by atoms with van der Waals surface area (Å²) in [7, 11) is 3.00. The van der Waals surface area contributed by atoms with E-state index >= 15 is 0 Å². The Hall–Kier alpha value is -3.10. The molecule has 0 aliphatic carbocycles. The molecule has 0 fully saturated rings. The van der Waals surface area contributed by atoms with E-state index in [0.29, 0.717) is 25.6 Å². The van der Waals surface area contributed by atoms with E-state index in [-0.39, 0.29) is 11.5 Å². The van der Waals surface area contributed by atoms with Gasteiger partial charge in [0.25, 0.3) is 0 Å². The topological polar surface area (TPSA) is 64.1 Å². The van der Waals surface area contributed by atoms with Crippen LogP contribution in [0.4, 0.5) is 13.2 Å². The van der Waals surface area contributed by atoms with Gasteiger partial charge in [0.2, 0.25) is 0 Å². The van der Waals surface area contributed by atoms with Crippen LogP contribution in [0.1, 0.15) is 18.1 Å². The van der Waals surface area contributed by atoms with Gasteiger partial charge < -0.3 is 24.8 Å². The number of methoxy groups -OCH3 is 2. The molecule has 0 aliphatic heterocycles. The van der Waals surface area contributed by atoms with Gasteiger partial charge in [-0.2, -0.15) is 13.2 Å². The maximum absolute atomic E-state index is 12.4. The molecule has 0 bridgehead atoms. The molecule has 2 rings (SSSR count). The van der Waals surface area contributed by atoms with Crippen molar-refractivity contribution in [2.75, 3.05) is 27.4 Å². The van der Waals surface area contributed by atoms with Crippen LogP contribution in [0.15, 0.2) is 47.5 Å². The summed E-state index contributed by atoms with van der Waals surface area (Å²) >= 11 is 0. The predicted octanol–water partition coefficient (Wildman–Crippen LogP) is 3.90. The highest BCUT2D eigenvalue weighted by atomic mass is 19.4. The van der Waals surface area contributed by atoms with Crippen LogP contribution in [0.2, 0.25) is 0 Å². The highest BCUT2D eigenvalue weighted by molar-refractivity contribution is 5.79. The molecule has 2 N–H and O–H groups in total. The minimum Gasteiger partial charge on any atom is -0.497 e. The lowest BCUT2D eigenvalue weighted by Gasteiger charge is -2.14. The van der Waals surface area contributed by atoms with Crippen LogP contribution in [0.3, 0.4) is 0 Å². The summed E-state index contributed by atoms with van der Waals surface area (Å²) in [5.74, 6) is 1.66. The first-order chi connectivity index (χ1) is 14.3. The zero-order chi connectivity index (χ0) is 22.0. The molecule has 0 amide bonds. The highest BCUT2D eigenvalue weighted by Gasteiger charge is 2.29. The number of halogens is 3. The summed E-state index contributed by atoms with van der Waals surface area (Å²) in [4.78, 5) is 4.52. The van der Waals surface area contributed by atoms with Crippen LogP contribution >= 0.6 is 0 Å². The third kappa shape index (κ3) is 7.73. The molecule has 9 heteroatoms. The molecule has 0 aromatic heterocycles. The Morgan fingerprint density at radius 2 is 1.63 bits per heavy atom. The number of nitrogens with one attached hydrogen (secondary N) is 2. The third-order valence-corrected chi connectivity index (χ3v) is 4.00. The van der Waals surface area contributed by atoms with Crippen molar-refractivity contribution in [2.45, 2.75) is 26.2 Å². The third-order valence-electron chi connectivity index (χ3n) is 4.00. The highest BCUT2D eigenvalue weighted by Crippen LogP contribution is 2.30. The maximum Gasteiger partial charge on any atom is 0.422 e. The second-order valence-electron chi connectivity index (χ2n) is 6.29. The number of nitrogens with zero attached hydrogens (tertiary/aromatic N) is 1. The Balaban J connectivity index is 2.01. The Kier molecular flexibility index (Phi) is 8.64. The van der Waals surface area contributed by atoms with E-state index in [0.717, 1.165) is 16.9 Å². The van der Waals surface area contributed by atoms with Gasteiger partial charge in [0.15, 0.2) is 24.1 Å². The van der Waals surface area contributed by atoms with Crippen molar-refractivity contribution in [3.8, 4) is 17.2 Å². The van der Waals surface area contributed by atoms with E-state index in [9.17, 15) is 13.2 Å². The van der Waals surface area contributed by atoms with Crippen molar-refractivity contribution in [3.05, 3.63) is 53.6 Å². The van der Waals surface area contributed by atoms with Gasteiger partial charge in [-0.15, -0.1) is 0 Å². The molecule has 0 unspecified atom stereocenters. The Morgan fingerprint density at radius 1 is 0.933 bits per heavy atom. The quantitative estimate of drug-likeness (QED) is 0.471. The van der Waals surface area contributed by atoms with Crippen LogP contribution in [0.5, 0.6) is 17.2 Å². The molecule has 30 heavy (non-hydrogen) atoms. The number of guanidine groups is 1. The van der Waals surface area contributed by atoms with Gasteiger partial charge in [0, 0.05) is 13.1 Å². The average Bonchev–Trinajstić information content (AvgIpc) is 2.74. The normalized spacial score (nSPS) is 11.7. The van der Waals surface area contributed by atoms with E-state index in [2.05, 4.69) is 15.6 Å². The summed E-state index contributed by atoms with van der Waals surface area (Å²) < 4.78 is 52.2. The zero-order valence-corrected chi connectivity index (χ0v) is 17.2. The maximum atomic E-state index is 12.4. The number of aliphatic imine (C=N–C) groups is 1. The minimum atomic E-state index is -4.41. The predicted molar refractivity (Wildman–Crippen MR) is 109 cm³/mol. The smallest absolute Gasteiger partial charge is 0.422 e. The van der Waals surface area contributed by atoms with Crippen molar-refractivity contribution in [1.82, 2.24) is 10.6 Å². The van der Waals surface area contributed by atoms with Crippen LogP contribution in [0.25, 0.3) is 0 Å². The fraction of sp³-hybridized carbons (Fsp3) is 0.381. The van der Waals surface area contributed by atoms with Crippen LogP contribution in [0, 0.1) is 0 Å². The van der Waals surface area contributed by atoms with Crippen molar-refractivity contribution < 1.29 is 27.4 Å². The number of alkyl halides is 3. The first kappa shape index (κ1) is 23.2. The number of rotatable bonds is 9. The molecule has 0 saturated heterocycles. The van der Waals surface area contributed by atoms with Crippen molar-refractivity contribution >= 4 is 5.96 Å². The first-order valence-electron chi connectivity index (χ1n) is 9.36. The van der Waals surface area contributed by atoms with Crippen LogP contribution in [-0.4, -0.2) is 39.5 Å². The van der Waals surface area contributed by atoms with Crippen LogP contribution in [-0.2, 0) is 13.1 Å². The monoisotopic (exact) mass is 425 g/mol. The van der Waals surface area contributed by atoms with Gasteiger partial charge in [0.05, 0.1) is 20.8 Å². The molecule has 0 radical (unpaired) electrons. The molecular weight excluding hydrogens is 399 g/mol. The van der Waals surface area contributed by atoms with E-state index in [4.69, 9.17) is 14.2 Å². The second-order valence-corrected chi connectivity index (χ2v) is 6.29. The minimum absolute atomic E-state index is 0.0343. The van der Waals surface area contributed by atoms with Gasteiger partial charge in [-0.05, 0) is 42.3 Å². The van der Waals surface area contributed by atoms with Gasteiger partial charge in [0.1, 0.15) is 5.75 Å². The molecule has 6 nitrogen and oxygen atoms in total. The molecule has 164 valence electrons. The standard InChI is InChI=1S/C21H26F3N3O3/c1-4-25-20(26-12-15-5-8-17(28-2)9-6-15)27-13-16-7-10-18(19(11-16)29-3)30-14-21(22,23)24/h5-11H,4,12-14H2,1-3H3,(H2,25,26,27). The molecule has 2 aromatic rings. The van der Waals surface area contributed by atoms with Crippen molar-refractivity contribution in [3.63, 3.8) is 0 Å². The van der Waals surface area contributed by atoms with Crippen LogP contribution < -0.4 is 24.8 Å². The molecule has 0 heterocycles. The Morgan fingerprint density at radius 3 is 2.23 bits per heavy atom. The summed E-state index contributed by atoms with van der Waals surface area (Å²) in [6, 6.07) is 12.4. The summed E-state index contributed by atoms with van der Waals surface area (Å²) in [5.41, 5.74) is 1.84. The largest absolute Gasteiger partial charge is 0.497 e. The molecule has 0 aliphatic rings. The molecule has 0 saturated carbocycles. The number of hydrogen-bond acceptors (Lipinski definition) is 4. The zero-order valence-electron chi connectivity index (χ0n) is 17.2. The Bertz CT molecular complexity index is 824. The number of hydrogen-bond donors (Lipinski definition) is 2. The summed E-state index contributed by atoms with van der Waals surface area (Å²) in [6.07, 6.45) is -4.41. The van der Waals surface area contributed by atoms with Gasteiger partial charge in [-0.25, -0.2) is 4.99 Å². The lowest BCUT2D eigenvalue weighted by Crippen LogP contribution is -2.36. The summed E-state index contributed by atoms with van der Waals surface area (Å²) in [5, 5.41) is 6.39. The molecular formula is C21H26F3N3O3. The fourth-order valence-electron chi connectivity index (χ4n) is 2.53. The molecule has 2 aromatic carbocycles. The van der Waals surface area contributed by atoms with E-state index in [1.54, 1.807) is 19.2 Å². The second kappa shape index (κ2) is 11.2. The van der Waals surface area contributed by atoms with E-state index < -0.39 is 12.8 Å². The van der Waals surface area contributed by atoms with Gasteiger partial charge in [-0.1, -0.05) is 18.2 Å². The van der Waals surface area contributed by atoms with Crippen molar-refractivity contribution in [2.24, 2.45) is 4.99 Å².